The second-order valence-corrected chi connectivity index (χ2v) is 4.27. The van der Waals surface area contributed by atoms with Crippen molar-refractivity contribution in [1.29, 1.82) is 0 Å². The van der Waals surface area contributed by atoms with E-state index in [0.29, 0.717) is 0 Å². The predicted octanol–water partition coefficient (Wildman–Crippen LogP) is 5.36. The number of hydrogen-bond acceptors (Lipinski definition) is 1. The molecule has 1 heteroatoms. The molecule has 0 aromatic carbocycles. The molecule has 0 heterocycles. The molecule has 0 atom stereocenters. The summed E-state index contributed by atoms with van der Waals surface area (Å²) in [5.74, 6) is 0. The summed E-state index contributed by atoms with van der Waals surface area (Å²) in [6.07, 6.45) is 11.7. The van der Waals surface area contributed by atoms with E-state index >= 15 is 0 Å². The molecule has 1 nitrogen and oxygen atoms in total. The van der Waals surface area contributed by atoms with E-state index in [9.17, 15) is 0 Å². The molecule has 0 aliphatic rings. The van der Waals surface area contributed by atoms with Gasteiger partial charge in [0.1, 0.15) is 0 Å². The molecule has 0 radical (unpaired) electrons. The Kier molecular flexibility index (Phi) is 19.3. The van der Waals surface area contributed by atoms with Gasteiger partial charge in [-0.15, -0.1) is 0 Å². The molecule has 0 unspecified atom stereocenters. The minimum absolute atomic E-state index is 0.750. The SMILES string of the molecule is CC/C(C)=C\COC.CCCCCCCC. The van der Waals surface area contributed by atoms with E-state index in [1.165, 1.54) is 44.1 Å². The van der Waals surface area contributed by atoms with Crippen molar-refractivity contribution < 1.29 is 4.74 Å². The van der Waals surface area contributed by atoms with E-state index in [1.54, 1.807) is 7.11 Å². The largest absolute Gasteiger partial charge is 0.381 e. The molecule has 0 spiro atoms. The average Bonchev–Trinajstić information content (AvgIpc) is 2.32. The van der Waals surface area contributed by atoms with Gasteiger partial charge in [-0.3, -0.25) is 0 Å². The van der Waals surface area contributed by atoms with Crippen molar-refractivity contribution in [2.45, 2.75) is 72.6 Å². The second kappa shape index (κ2) is 17.1. The van der Waals surface area contributed by atoms with Gasteiger partial charge in [0.2, 0.25) is 0 Å². The third-order valence-corrected chi connectivity index (χ3v) is 2.61. The van der Waals surface area contributed by atoms with Gasteiger partial charge in [0, 0.05) is 7.11 Å². The Morgan fingerprint density at radius 2 is 1.44 bits per heavy atom. The smallest absolute Gasteiger partial charge is 0.0646 e. The van der Waals surface area contributed by atoms with E-state index in [0.717, 1.165) is 13.0 Å². The fraction of sp³-hybridized carbons (Fsp3) is 0.867. The standard InChI is InChI=1S/C8H18.C7H14O/c1-3-5-7-8-6-4-2;1-4-7(2)5-6-8-3/h3-8H2,1-2H3;5H,4,6H2,1-3H3/b;7-5-. The molecule has 0 N–H and O–H groups in total. The van der Waals surface area contributed by atoms with Crippen molar-refractivity contribution in [3.63, 3.8) is 0 Å². The summed E-state index contributed by atoms with van der Waals surface area (Å²) in [5, 5.41) is 0. The summed E-state index contributed by atoms with van der Waals surface area (Å²) < 4.78 is 4.84. The quantitative estimate of drug-likeness (QED) is 0.401. The molecule has 0 aromatic heterocycles. The summed E-state index contributed by atoms with van der Waals surface area (Å²) in [7, 11) is 1.71. The number of rotatable bonds is 8. The van der Waals surface area contributed by atoms with Crippen molar-refractivity contribution in [1.82, 2.24) is 0 Å². The maximum atomic E-state index is 4.84. The number of methoxy groups -OCH3 is 1. The molecule has 0 aliphatic carbocycles. The first-order valence-corrected chi connectivity index (χ1v) is 6.87. The maximum Gasteiger partial charge on any atom is 0.0646 e. The maximum absolute atomic E-state index is 4.84. The molecule has 16 heavy (non-hydrogen) atoms. The predicted molar refractivity (Wildman–Crippen MR) is 75.0 cm³/mol. The Hall–Kier alpha value is -0.300. The summed E-state index contributed by atoms with van der Waals surface area (Å²) in [6.45, 7) is 9.51. The van der Waals surface area contributed by atoms with Crippen LogP contribution in [-0.4, -0.2) is 13.7 Å². The lowest BCUT2D eigenvalue weighted by atomic mass is 10.1. The third-order valence-electron chi connectivity index (χ3n) is 2.61. The van der Waals surface area contributed by atoms with Gasteiger partial charge in [0.25, 0.3) is 0 Å². The van der Waals surface area contributed by atoms with Crippen LogP contribution >= 0.6 is 0 Å². The van der Waals surface area contributed by atoms with Crippen LogP contribution in [0.15, 0.2) is 11.6 Å². The van der Waals surface area contributed by atoms with Gasteiger partial charge >= 0.3 is 0 Å². The highest BCUT2D eigenvalue weighted by Crippen LogP contribution is 2.03. The van der Waals surface area contributed by atoms with Crippen molar-refractivity contribution in [2.24, 2.45) is 0 Å². The van der Waals surface area contributed by atoms with Crippen LogP contribution in [0.4, 0.5) is 0 Å². The molecular formula is C15H32O. The van der Waals surface area contributed by atoms with E-state index in [2.05, 4.69) is 33.8 Å². The van der Waals surface area contributed by atoms with Crippen LogP contribution in [0, 0.1) is 0 Å². The highest BCUT2D eigenvalue weighted by molar-refractivity contribution is 4.96. The molecule has 0 bridgehead atoms. The van der Waals surface area contributed by atoms with Gasteiger partial charge in [-0.05, 0) is 13.3 Å². The molecule has 0 amide bonds. The van der Waals surface area contributed by atoms with Crippen LogP contribution in [0.25, 0.3) is 0 Å². The Balaban J connectivity index is 0. The lowest BCUT2D eigenvalue weighted by Gasteiger charge is -1.93. The fourth-order valence-electron chi connectivity index (χ4n) is 1.22. The first-order valence-electron chi connectivity index (χ1n) is 6.87. The number of ether oxygens (including phenoxy) is 1. The zero-order chi connectivity index (χ0) is 12.6. The van der Waals surface area contributed by atoms with E-state index in [-0.39, 0.29) is 0 Å². The second-order valence-electron chi connectivity index (χ2n) is 4.27. The van der Waals surface area contributed by atoms with Gasteiger partial charge in [0.05, 0.1) is 6.61 Å². The summed E-state index contributed by atoms with van der Waals surface area (Å²) >= 11 is 0. The van der Waals surface area contributed by atoms with Gasteiger partial charge in [0.15, 0.2) is 0 Å². The molecule has 98 valence electrons. The van der Waals surface area contributed by atoms with Crippen molar-refractivity contribution >= 4 is 0 Å². The minimum atomic E-state index is 0.750. The van der Waals surface area contributed by atoms with Gasteiger partial charge < -0.3 is 4.74 Å². The lowest BCUT2D eigenvalue weighted by Crippen LogP contribution is -1.82. The molecular weight excluding hydrogens is 196 g/mol. The molecule has 0 aromatic rings. The Morgan fingerprint density at radius 1 is 0.938 bits per heavy atom. The number of unbranched alkanes of at least 4 members (excludes halogenated alkanes) is 5. The van der Waals surface area contributed by atoms with E-state index < -0.39 is 0 Å². The van der Waals surface area contributed by atoms with Crippen LogP contribution in [0.1, 0.15) is 72.6 Å². The van der Waals surface area contributed by atoms with Crippen molar-refractivity contribution in [2.75, 3.05) is 13.7 Å². The fourth-order valence-corrected chi connectivity index (χ4v) is 1.22. The molecule has 0 saturated heterocycles. The summed E-state index contributed by atoms with van der Waals surface area (Å²) in [5.41, 5.74) is 1.40. The number of allylic oxidation sites excluding steroid dienone is 1. The summed E-state index contributed by atoms with van der Waals surface area (Å²) in [6, 6.07) is 0. The average molecular weight is 228 g/mol. The topological polar surface area (TPSA) is 9.23 Å². The zero-order valence-electron chi connectivity index (χ0n) is 12.1. The van der Waals surface area contributed by atoms with Crippen molar-refractivity contribution in [3.8, 4) is 0 Å². The third kappa shape index (κ3) is 19.3. The van der Waals surface area contributed by atoms with Crippen LogP contribution in [-0.2, 0) is 4.74 Å². The van der Waals surface area contributed by atoms with Crippen LogP contribution < -0.4 is 0 Å². The van der Waals surface area contributed by atoms with Gasteiger partial charge in [-0.2, -0.15) is 0 Å². The molecule has 0 aliphatic heterocycles. The molecule has 0 fully saturated rings. The zero-order valence-corrected chi connectivity index (χ0v) is 12.1. The monoisotopic (exact) mass is 228 g/mol. The Morgan fingerprint density at radius 3 is 1.75 bits per heavy atom. The first kappa shape index (κ1) is 18.1. The Bertz CT molecular complexity index is 132. The van der Waals surface area contributed by atoms with E-state index in [1.807, 2.05) is 0 Å². The van der Waals surface area contributed by atoms with Crippen LogP contribution in [0.5, 0.6) is 0 Å². The van der Waals surface area contributed by atoms with Gasteiger partial charge in [-0.25, -0.2) is 0 Å². The molecule has 0 rings (SSSR count). The van der Waals surface area contributed by atoms with E-state index in [4.69, 9.17) is 4.74 Å². The lowest BCUT2D eigenvalue weighted by molar-refractivity contribution is 0.233. The Labute approximate surface area is 103 Å². The highest BCUT2D eigenvalue weighted by atomic mass is 16.5. The number of hydrogen-bond donors (Lipinski definition) is 0. The van der Waals surface area contributed by atoms with Crippen LogP contribution in [0.3, 0.4) is 0 Å². The normalized spacial score (nSPS) is 10.9. The highest BCUT2D eigenvalue weighted by Gasteiger charge is 1.83. The molecule has 0 saturated carbocycles. The summed E-state index contributed by atoms with van der Waals surface area (Å²) in [4.78, 5) is 0. The van der Waals surface area contributed by atoms with Gasteiger partial charge in [-0.1, -0.05) is 70.9 Å². The first-order chi connectivity index (χ1) is 7.72. The van der Waals surface area contributed by atoms with Crippen LogP contribution in [0.2, 0.25) is 0 Å². The van der Waals surface area contributed by atoms with Crippen molar-refractivity contribution in [3.05, 3.63) is 11.6 Å². The minimum Gasteiger partial charge on any atom is -0.381 e.